The predicted molar refractivity (Wildman–Crippen MR) is 153 cm³/mol. The number of carbonyl (C=O) groups excluding carboxylic acids is 2. The molecule has 212 valence electrons. The summed E-state index contributed by atoms with van der Waals surface area (Å²) in [5.41, 5.74) is 4.43. The van der Waals surface area contributed by atoms with Crippen molar-refractivity contribution in [1.29, 1.82) is 0 Å². The van der Waals surface area contributed by atoms with Crippen LogP contribution in [0.3, 0.4) is 0 Å². The van der Waals surface area contributed by atoms with E-state index in [9.17, 15) is 18.0 Å². The minimum atomic E-state index is -4.19. The number of sulfonamides is 1. The van der Waals surface area contributed by atoms with Gasteiger partial charge in [-0.1, -0.05) is 6.92 Å². The second-order valence-corrected chi connectivity index (χ2v) is 10.3. The fraction of sp³-hybridized carbons (Fsp3) is 0.250. The molecule has 0 bridgehead atoms. The topological polar surface area (TPSA) is 136 Å². The standard InChI is InChI=1S/C28H32N4O7S/c1-6-25(20-7-16-26(38-4)27(17-20)39-5)30-31-28(34)18-32(22-10-12-23(37-3)13-11-22)40(35,36)24-14-8-21(9-15-24)29-19(2)33/h7-17H,6,18H2,1-5H3,(H,29,33)(H,31,34)/b30-25-. The highest BCUT2D eigenvalue weighted by molar-refractivity contribution is 7.92. The molecule has 3 aromatic rings. The molecule has 0 atom stereocenters. The summed E-state index contributed by atoms with van der Waals surface area (Å²) in [5.74, 6) is 0.648. The molecule has 11 nitrogen and oxygen atoms in total. The zero-order valence-electron chi connectivity index (χ0n) is 22.9. The van der Waals surface area contributed by atoms with Gasteiger partial charge in [-0.25, -0.2) is 13.8 Å². The molecule has 40 heavy (non-hydrogen) atoms. The zero-order valence-corrected chi connectivity index (χ0v) is 23.7. The number of methoxy groups -OCH3 is 3. The van der Waals surface area contributed by atoms with E-state index in [0.717, 1.165) is 4.31 Å². The second kappa shape index (κ2) is 13.5. The Morgan fingerprint density at radius 1 is 0.875 bits per heavy atom. The van der Waals surface area contributed by atoms with Crippen LogP contribution in [0.4, 0.5) is 11.4 Å². The summed E-state index contributed by atoms with van der Waals surface area (Å²) in [5, 5.41) is 6.84. The van der Waals surface area contributed by atoms with Gasteiger partial charge in [0.2, 0.25) is 5.91 Å². The minimum Gasteiger partial charge on any atom is -0.497 e. The molecule has 12 heteroatoms. The first-order valence-corrected chi connectivity index (χ1v) is 13.7. The molecule has 0 aliphatic carbocycles. The fourth-order valence-electron chi connectivity index (χ4n) is 3.76. The van der Waals surface area contributed by atoms with Gasteiger partial charge in [0.25, 0.3) is 15.9 Å². The summed E-state index contributed by atoms with van der Waals surface area (Å²) < 4.78 is 44.1. The number of ether oxygens (including phenoxy) is 3. The van der Waals surface area contributed by atoms with Crippen LogP contribution in [0.15, 0.2) is 76.7 Å². The first kappa shape index (κ1) is 30.0. The maximum Gasteiger partial charge on any atom is 0.264 e. The average molecular weight is 569 g/mol. The number of hydrogen-bond donors (Lipinski definition) is 2. The van der Waals surface area contributed by atoms with Gasteiger partial charge in [-0.15, -0.1) is 0 Å². The molecule has 3 aromatic carbocycles. The van der Waals surface area contributed by atoms with Crippen molar-refractivity contribution in [3.8, 4) is 17.2 Å². The monoisotopic (exact) mass is 568 g/mol. The highest BCUT2D eigenvalue weighted by Crippen LogP contribution is 2.29. The van der Waals surface area contributed by atoms with Crippen LogP contribution in [0.25, 0.3) is 0 Å². The Hall–Kier alpha value is -4.58. The summed E-state index contributed by atoms with van der Waals surface area (Å²) in [6.45, 7) is 2.68. The summed E-state index contributed by atoms with van der Waals surface area (Å²) >= 11 is 0. The molecule has 0 aliphatic heterocycles. The third kappa shape index (κ3) is 7.29. The normalized spacial score (nSPS) is 11.4. The van der Waals surface area contributed by atoms with Crippen LogP contribution in [-0.2, 0) is 19.6 Å². The largest absolute Gasteiger partial charge is 0.497 e. The lowest BCUT2D eigenvalue weighted by Crippen LogP contribution is -2.39. The molecule has 0 aliphatic rings. The van der Waals surface area contributed by atoms with Crippen LogP contribution in [0.5, 0.6) is 17.2 Å². The molecule has 0 aromatic heterocycles. The Kier molecular flexibility index (Phi) is 10.1. The van der Waals surface area contributed by atoms with E-state index in [2.05, 4.69) is 15.8 Å². The van der Waals surface area contributed by atoms with Gasteiger partial charge in [0, 0.05) is 18.2 Å². The molecule has 0 fully saturated rings. The number of benzene rings is 3. The Balaban J connectivity index is 1.90. The third-order valence-electron chi connectivity index (χ3n) is 5.78. The number of nitrogens with zero attached hydrogens (tertiary/aromatic N) is 2. The molecule has 2 amide bonds. The first-order chi connectivity index (χ1) is 19.1. The van der Waals surface area contributed by atoms with Crippen LogP contribution < -0.4 is 29.3 Å². The molecule has 0 radical (unpaired) electrons. The van der Waals surface area contributed by atoms with Crippen molar-refractivity contribution < 1.29 is 32.2 Å². The van der Waals surface area contributed by atoms with Crippen molar-refractivity contribution in [3.05, 3.63) is 72.3 Å². The number of hydrazone groups is 1. The van der Waals surface area contributed by atoms with Crippen molar-refractivity contribution >= 4 is 38.9 Å². The molecule has 2 N–H and O–H groups in total. The van der Waals surface area contributed by atoms with Gasteiger partial charge in [-0.2, -0.15) is 5.10 Å². The highest BCUT2D eigenvalue weighted by atomic mass is 32.2. The smallest absolute Gasteiger partial charge is 0.264 e. The third-order valence-corrected chi connectivity index (χ3v) is 7.57. The van der Waals surface area contributed by atoms with Crippen LogP contribution in [0.1, 0.15) is 25.8 Å². The van der Waals surface area contributed by atoms with Crippen LogP contribution >= 0.6 is 0 Å². The summed E-state index contributed by atoms with van der Waals surface area (Å²) in [7, 11) is 0.364. The van der Waals surface area contributed by atoms with E-state index in [-0.39, 0.29) is 16.5 Å². The van der Waals surface area contributed by atoms with E-state index in [1.54, 1.807) is 42.5 Å². The SMILES string of the molecule is CC/C(=N/NC(=O)CN(c1ccc(OC)cc1)S(=O)(=O)c1ccc(NC(C)=O)cc1)c1ccc(OC)c(OC)c1. The Labute approximate surface area is 233 Å². The Morgan fingerprint density at radius 3 is 2.08 bits per heavy atom. The fourth-order valence-corrected chi connectivity index (χ4v) is 5.18. The Bertz CT molecular complexity index is 1470. The zero-order chi connectivity index (χ0) is 29.3. The van der Waals surface area contributed by atoms with E-state index in [1.165, 1.54) is 52.5 Å². The van der Waals surface area contributed by atoms with Gasteiger partial charge in [0.15, 0.2) is 11.5 Å². The van der Waals surface area contributed by atoms with E-state index in [0.29, 0.717) is 40.6 Å². The van der Waals surface area contributed by atoms with Crippen LogP contribution in [0, 0.1) is 0 Å². The first-order valence-electron chi connectivity index (χ1n) is 12.2. The molecule has 0 heterocycles. The van der Waals surface area contributed by atoms with Gasteiger partial charge in [-0.05, 0) is 73.2 Å². The quantitative estimate of drug-likeness (QED) is 0.251. The lowest BCUT2D eigenvalue weighted by Gasteiger charge is -2.24. The van der Waals surface area contributed by atoms with Gasteiger partial charge < -0.3 is 19.5 Å². The number of hydrogen-bond acceptors (Lipinski definition) is 8. The van der Waals surface area contributed by atoms with Crippen molar-refractivity contribution in [2.45, 2.75) is 25.2 Å². The van der Waals surface area contributed by atoms with Crippen molar-refractivity contribution in [1.82, 2.24) is 5.43 Å². The van der Waals surface area contributed by atoms with E-state index in [1.807, 2.05) is 6.92 Å². The van der Waals surface area contributed by atoms with Gasteiger partial charge in [-0.3, -0.25) is 13.9 Å². The number of nitrogens with one attached hydrogen (secondary N) is 2. The summed E-state index contributed by atoms with van der Waals surface area (Å²) in [4.78, 5) is 24.3. The summed E-state index contributed by atoms with van der Waals surface area (Å²) in [6, 6.07) is 17.2. The highest BCUT2D eigenvalue weighted by Gasteiger charge is 2.27. The molecule has 0 unspecified atom stereocenters. The number of carbonyl (C=O) groups is 2. The maximum absolute atomic E-state index is 13.7. The summed E-state index contributed by atoms with van der Waals surface area (Å²) in [6.07, 6.45) is 0.483. The lowest BCUT2D eigenvalue weighted by atomic mass is 10.1. The van der Waals surface area contributed by atoms with Gasteiger partial charge in [0.1, 0.15) is 12.3 Å². The van der Waals surface area contributed by atoms with Gasteiger partial charge >= 0.3 is 0 Å². The van der Waals surface area contributed by atoms with E-state index in [4.69, 9.17) is 14.2 Å². The molecule has 0 saturated heterocycles. The van der Waals surface area contributed by atoms with E-state index >= 15 is 0 Å². The second-order valence-electron chi connectivity index (χ2n) is 8.43. The van der Waals surface area contributed by atoms with Crippen molar-refractivity contribution in [2.24, 2.45) is 5.10 Å². The van der Waals surface area contributed by atoms with Crippen LogP contribution in [-0.4, -0.2) is 53.8 Å². The van der Waals surface area contributed by atoms with Crippen molar-refractivity contribution in [3.63, 3.8) is 0 Å². The lowest BCUT2D eigenvalue weighted by molar-refractivity contribution is -0.119. The Morgan fingerprint density at radius 2 is 1.52 bits per heavy atom. The predicted octanol–water partition coefficient (Wildman–Crippen LogP) is 3.80. The average Bonchev–Trinajstić information content (AvgIpc) is 2.96. The number of amides is 2. The van der Waals surface area contributed by atoms with E-state index < -0.39 is 22.5 Å². The maximum atomic E-state index is 13.7. The number of anilines is 2. The number of rotatable bonds is 12. The molecule has 0 saturated carbocycles. The molecule has 3 rings (SSSR count). The molecular weight excluding hydrogens is 536 g/mol. The molecular formula is C28H32N4O7S. The molecule has 0 spiro atoms. The van der Waals surface area contributed by atoms with Gasteiger partial charge in [0.05, 0.1) is 37.6 Å². The van der Waals surface area contributed by atoms with Crippen molar-refractivity contribution in [2.75, 3.05) is 37.5 Å². The minimum absolute atomic E-state index is 0.0618. The van der Waals surface area contributed by atoms with Crippen LogP contribution in [0.2, 0.25) is 0 Å².